The van der Waals surface area contributed by atoms with E-state index in [1.165, 1.54) is 0 Å². The van der Waals surface area contributed by atoms with Crippen molar-refractivity contribution in [2.45, 2.75) is 69.8 Å². The van der Waals surface area contributed by atoms with Gasteiger partial charge in [0.05, 0.1) is 11.6 Å². The van der Waals surface area contributed by atoms with Gasteiger partial charge in [0.2, 0.25) is 6.41 Å². The molecule has 4 rings (SSSR count). The standard InChI is InChI=1S/C24H32N4O4/c1-15(2)28-22-6-4-3-5-16(22)9-21(24(28)32)23(31)26-17-10-18-7-8-19(11-17)27(18)13-20(30)12-25-14-29/h3-6,9,14-15,17-20,30H,7-8,10-13H2,1-2H3,(H,25,29)(H,26,31)/t18-,19-,20?/m0/s1. The van der Waals surface area contributed by atoms with E-state index in [-0.39, 0.29) is 47.7 Å². The van der Waals surface area contributed by atoms with Gasteiger partial charge in [0.25, 0.3) is 11.5 Å². The van der Waals surface area contributed by atoms with Crippen molar-refractivity contribution in [2.24, 2.45) is 0 Å². The van der Waals surface area contributed by atoms with E-state index >= 15 is 0 Å². The zero-order chi connectivity index (χ0) is 22.8. The minimum absolute atomic E-state index is 0.000127. The fraction of sp³-hybridized carbons (Fsp3) is 0.542. The minimum Gasteiger partial charge on any atom is -0.390 e. The van der Waals surface area contributed by atoms with Crippen LogP contribution in [-0.2, 0) is 4.79 Å². The SMILES string of the molecule is CC(C)n1c(=O)c(C(=O)NC2C[C@@H]3CC[C@@H](C2)N3CC(O)CNC=O)cc2ccccc21. The summed E-state index contributed by atoms with van der Waals surface area (Å²) >= 11 is 0. The van der Waals surface area contributed by atoms with E-state index in [0.717, 1.165) is 36.6 Å². The predicted octanol–water partition coefficient (Wildman–Crippen LogP) is 1.41. The van der Waals surface area contributed by atoms with Gasteiger partial charge in [-0.2, -0.15) is 0 Å². The van der Waals surface area contributed by atoms with Crippen LogP contribution in [0.4, 0.5) is 0 Å². The number of aliphatic hydroxyl groups is 1. The molecular formula is C24H32N4O4. The molecule has 2 aliphatic rings. The van der Waals surface area contributed by atoms with Gasteiger partial charge in [0, 0.05) is 37.3 Å². The zero-order valence-electron chi connectivity index (χ0n) is 18.7. The lowest BCUT2D eigenvalue weighted by atomic mass is 9.96. The second kappa shape index (κ2) is 9.42. The number of fused-ring (bicyclic) bond motifs is 3. The molecule has 0 aliphatic carbocycles. The van der Waals surface area contributed by atoms with Crippen LogP contribution in [0.15, 0.2) is 35.1 Å². The van der Waals surface area contributed by atoms with Crippen molar-refractivity contribution in [2.75, 3.05) is 13.1 Å². The first kappa shape index (κ1) is 22.5. The Kier molecular flexibility index (Phi) is 6.62. The van der Waals surface area contributed by atoms with Crippen LogP contribution in [0.1, 0.15) is 55.9 Å². The molecule has 0 radical (unpaired) electrons. The number of rotatable bonds is 8. The highest BCUT2D eigenvalue weighted by molar-refractivity contribution is 5.97. The average molecular weight is 441 g/mol. The van der Waals surface area contributed by atoms with E-state index in [1.807, 2.05) is 38.1 Å². The molecule has 1 aromatic heterocycles. The third-order valence-electron chi connectivity index (χ3n) is 6.78. The Morgan fingerprint density at radius 2 is 1.91 bits per heavy atom. The monoisotopic (exact) mass is 440 g/mol. The van der Waals surface area contributed by atoms with Gasteiger partial charge in [-0.05, 0) is 57.0 Å². The summed E-state index contributed by atoms with van der Waals surface area (Å²) in [5, 5.41) is 16.7. The van der Waals surface area contributed by atoms with Gasteiger partial charge in [-0.15, -0.1) is 0 Å². The third kappa shape index (κ3) is 4.42. The van der Waals surface area contributed by atoms with E-state index in [1.54, 1.807) is 10.6 Å². The molecule has 2 fully saturated rings. The quantitative estimate of drug-likeness (QED) is 0.539. The largest absolute Gasteiger partial charge is 0.390 e. The number of hydrogen-bond donors (Lipinski definition) is 3. The molecule has 3 heterocycles. The highest BCUT2D eigenvalue weighted by Crippen LogP contribution is 2.35. The molecule has 2 aliphatic heterocycles. The Labute approximate surface area is 187 Å². The first-order valence-corrected chi connectivity index (χ1v) is 11.4. The number of hydrogen-bond acceptors (Lipinski definition) is 5. The normalized spacial score (nSPS) is 23.9. The Bertz CT molecular complexity index is 1040. The second-order valence-corrected chi connectivity index (χ2v) is 9.29. The van der Waals surface area contributed by atoms with Crippen LogP contribution in [0.2, 0.25) is 0 Å². The van der Waals surface area contributed by atoms with E-state index in [4.69, 9.17) is 0 Å². The van der Waals surface area contributed by atoms with Crippen molar-refractivity contribution in [1.82, 2.24) is 20.1 Å². The van der Waals surface area contributed by atoms with Crippen molar-refractivity contribution in [3.05, 3.63) is 46.2 Å². The molecule has 3 atom stereocenters. The summed E-state index contributed by atoms with van der Waals surface area (Å²) in [5.74, 6) is -0.316. The number of nitrogens with one attached hydrogen (secondary N) is 2. The van der Waals surface area contributed by atoms with Crippen LogP contribution in [0.25, 0.3) is 10.9 Å². The third-order valence-corrected chi connectivity index (χ3v) is 6.78. The number of aliphatic hydroxyl groups excluding tert-OH is 1. The summed E-state index contributed by atoms with van der Waals surface area (Å²) in [6, 6.07) is 9.86. The molecule has 2 saturated heterocycles. The first-order valence-electron chi connectivity index (χ1n) is 11.4. The lowest BCUT2D eigenvalue weighted by Gasteiger charge is -2.40. The van der Waals surface area contributed by atoms with Crippen LogP contribution < -0.4 is 16.2 Å². The summed E-state index contributed by atoms with van der Waals surface area (Å²) in [7, 11) is 0. The van der Waals surface area contributed by atoms with Gasteiger partial charge >= 0.3 is 0 Å². The highest BCUT2D eigenvalue weighted by atomic mass is 16.3. The predicted molar refractivity (Wildman–Crippen MR) is 123 cm³/mol. The van der Waals surface area contributed by atoms with Crippen molar-refractivity contribution in [3.63, 3.8) is 0 Å². The van der Waals surface area contributed by atoms with Gasteiger partial charge in [-0.1, -0.05) is 18.2 Å². The first-order chi connectivity index (χ1) is 15.4. The topological polar surface area (TPSA) is 104 Å². The number of para-hydroxylation sites is 1. The fourth-order valence-electron chi connectivity index (χ4n) is 5.41. The molecule has 172 valence electrons. The second-order valence-electron chi connectivity index (χ2n) is 9.29. The molecule has 3 N–H and O–H groups in total. The molecular weight excluding hydrogens is 408 g/mol. The van der Waals surface area contributed by atoms with E-state index in [2.05, 4.69) is 15.5 Å². The zero-order valence-corrected chi connectivity index (χ0v) is 18.7. The van der Waals surface area contributed by atoms with Gasteiger partial charge < -0.3 is 20.3 Å². The Morgan fingerprint density at radius 1 is 1.22 bits per heavy atom. The number of pyridine rings is 1. The Balaban J connectivity index is 1.48. The van der Waals surface area contributed by atoms with Crippen molar-refractivity contribution >= 4 is 23.2 Å². The van der Waals surface area contributed by atoms with Crippen LogP contribution in [0, 0.1) is 0 Å². The van der Waals surface area contributed by atoms with Crippen molar-refractivity contribution in [3.8, 4) is 0 Å². The molecule has 1 unspecified atom stereocenters. The lowest BCUT2D eigenvalue weighted by molar-refractivity contribution is -0.110. The van der Waals surface area contributed by atoms with Crippen molar-refractivity contribution in [1.29, 1.82) is 0 Å². The Hall–Kier alpha value is -2.71. The van der Waals surface area contributed by atoms with E-state index in [0.29, 0.717) is 13.0 Å². The molecule has 8 heteroatoms. The van der Waals surface area contributed by atoms with Gasteiger partial charge in [-0.25, -0.2) is 0 Å². The van der Waals surface area contributed by atoms with Gasteiger partial charge in [0.1, 0.15) is 5.56 Å². The maximum atomic E-state index is 13.1. The maximum Gasteiger partial charge on any atom is 0.264 e. The summed E-state index contributed by atoms with van der Waals surface area (Å²) in [6.45, 7) is 4.65. The number of aromatic nitrogens is 1. The minimum atomic E-state index is -0.610. The van der Waals surface area contributed by atoms with Crippen LogP contribution in [-0.4, -0.2) is 64.2 Å². The molecule has 2 bridgehead atoms. The van der Waals surface area contributed by atoms with E-state index < -0.39 is 6.10 Å². The number of nitrogens with zero attached hydrogens (tertiary/aromatic N) is 2. The van der Waals surface area contributed by atoms with Gasteiger partial charge in [0.15, 0.2) is 0 Å². The molecule has 2 amide bonds. The maximum absolute atomic E-state index is 13.1. The number of piperidine rings is 1. The fourth-order valence-corrected chi connectivity index (χ4v) is 5.41. The van der Waals surface area contributed by atoms with Crippen LogP contribution in [0.3, 0.4) is 0 Å². The molecule has 1 aromatic carbocycles. The van der Waals surface area contributed by atoms with E-state index in [9.17, 15) is 19.5 Å². The summed E-state index contributed by atoms with van der Waals surface area (Å²) < 4.78 is 1.69. The van der Waals surface area contributed by atoms with Crippen molar-refractivity contribution < 1.29 is 14.7 Å². The molecule has 0 spiro atoms. The molecule has 0 saturated carbocycles. The highest BCUT2D eigenvalue weighted by Gasteiger charge is 2.41. The average Bonchev–Trinajstić information content (AvgIpc) is 2.99. The lowest BCUT2D eigenvalue weighted by Crippen LogP contribution is -2.53. The van der Waals surface area contributed by atoms with Crippen LogP contribution in [0.5, 0.6) is 0 Å². The number of amides is 2. The summed E-state index contributed by atoms with van der Waals surface area (Å²) in [6.07, 6.45) is 3.63. The smallest absolute Gasteiger partial charge is 0.264 e. The van der Waals surface area contributed by atoms with Gasteiger partial charge in [-0.3, -0.25) is 19.3 Å². The number of benzene rings is 1. The Morgan fingerprint density at radius 3 is 2.56 bits per heavy atom. The summed E-state index contributed by atoms with van der Waals surface area (Å²) in [4.78, 5) is 39.1. The number of carbonyl (C=O) groups is 2. The summed E-state index contributed by atoms with van der Waals surface area (Å²) in [5.41, 5.74) is 0.753. The molecule has 8 nitrogen and oxygen atoms in total. The van der Waals surface area contributed by atoms with Crippen LogP contribution >= 0.6 is 0 Å². The number of carbonyl (C=O) groups excluding carboxylic acids is 2. The molecule has 2 aromatic rings. The molecule has 32 heavy (non-hydrogen) atoms.